The zero-order valence-corrected chi connectivity index (χ0v) is 19.9. The lowest BCUT2D eigenvalue weighted by atomic mass is 10.1. The van der Waals surface area contributed by atoms with Crippen LogP contribution in [0.25, 0.3) is 6.08 Å². The number of allylic oxidation sites excluding steroid dienone is 1. The smallest absolute Gasteiger partial charge is 0.238 e. The molecule has 0 aromatic heterocycles. The van der Waals surface area contributed by atoms with Crippen molar-refractivity contribution >= 4 is 45.1 Å². The van der Waals surface area contributed by atoms with Crippen molar-refractivity contribution in [3.63, 3.8) is 0 Å². The summed E-state index contributed by atoms with van der Waals surface area (Å²) in [5, 5.41) is 2.83. The minimum atomic E-state index is -0.114. The quantitative estimate of drug-likeness (QED) is 0.480. The van der Waals surface area contributed by atoms with E-state index in [9.17, 15) is 9.59 Å². The van der Waals surface area contributed by atoms with Crippen molar-refractivity contribution in [2.75, 3.05) is 64.1 Å². The number of carbonyl (C=O) groups excluding carboxylic acids is 2. The number of likely N-dealkylation sites (N-methyl/N-ethyl adjacent to an activating group) is 2. The fourth-order valence-electron chi connectivity index (χ4n) is 3.48. The first-order valence-corrected chi connectivity index (χ1v) is 11.1. The molecule has 164 valence electrons. The van der Waals surface area contributed by atoms with Gasteiger partial charge in [0, 0.05) is 47.6 Å². The number of nitrogens with one attached hydrogen (secondary N) is 1. The largest absolute Gasteiger partial charge is 0.368 e. The van der Waals surface area contributed by atoms with Gasteiger partial charge < -0.3 is 20.0 Å². The number of amides is 1. The highest BCUT2D eigenvalue weighted by Crippen LogP contribution is 2.27. The minimum absolute atomic E-state index is 0.101. The van der Waals surface area contributed by atoms with Gasteiger partial charge in [0.05, 0.1) is 6.54 Å². The van der Waals surface area contributed by atoms with Crippen LogP contribution in [0.15, 0.2) is 53.0 Å². The number of nitrogens with zero attached hydrogens (tertiary/aromatic N) is 3. The minimum Gasteiger partial charge on any atom is -0.368 e. The monoisotopic (exact) mass is 484 g/mol. The van der Waals surface area contributed by atoms with Gasteiger partial charge in [-0.3, -0.25) is 9.59 Å². The van der Waals surface area contributed by atoms with Crippen molar-refractivity contribution in [1.29, 1.82) is 0 Å². The van der Waals surface area contributed by atoms with E-state index in [0.29, 0.717) is 11.3 Å². The van der Waals surface area contributed by atoms with E-state index in [1.54, 1.807) is 35.2 Å². The normalized spacial score (nSPS) is 14.9. The van der Waals surface area contributed by atoms with Gasteiger partial charge in [0.25, 0.3) is 0 Å². The highest BCUT2D eigenvalue weighted by Gasteiger charge is 2.17. The van der Waals surface area contributed by atoms with E-state index in [0.717, 1.165) is 41.9 Å². The molecular weight excluding hydrogens is 456 g/mol. The molecule has 0 unspecified atom stereocenters. The Balaban J connectivity index is 1.74. The van der Waals surface area contributed by atoms with Crippen LogP contribution in [0.2, 0.25) is 0 Å². The van der Waals surface area contributed by atoms with Gasteiger partial charge in [-0.05, 0) is 63.1 Å². The highest BCUT2D eigenvalue weighted by molar-refractivity contribution is 9.10. The van der Waals surface area contributed by atoms with Crippen LogP contribution >= 0.6 is 15.9 Å². The lowest BCUT2D eigenvalue weighted by Crippen LogP contribution is -2.44. The molecule has 1 heterocycles. The molecule has 2 aromatic rings. The van der Waals surface area contributed by atoms with Crippen molar-refractivity contribution in [3.8, 4) is 0 Å². The third kappa shape index (κ3) is 6.75. The zero-order valence-electron chi connectivity index (χ0n) is 18.3. The van der Waals surface area contributed by atoms with E-state index in [1.165, 1.54) is 0 Å². The maximum Gasteiger partial charge on any atom is 0.238 e. The Hall–Kier alpha value is -2.48. The SMILES string of the molecule is CN(C)CC(=O)Nc1cccc(C(=O)C=Cc2ccc(Br)cc2N2CCN(C)CC2)c1. The molecule has 1 amide bonds. The Morgan fingerprint density at radius 2 is 1.84 bits per heavy atom. The molecule has 1 aliphatic heterocycles. The summed E-state index contributed by atoms with van der Waals surface area (Å²) in [6.45, 7) is 4.23. The molecule has 1 N–H and O–H groups in total. The first-order chi connectivity index (χ1) is 14.8. The molecule has 31 heavy (non-hydrogen) atoms. The molecule has 6 nitrogen and oxygen atoms in total. The highest BCUT2D eigenvalue weighted by atomic mass is 79.9. The standard InChI is InChI=1S/C24H29BrN4O2/c1-27(2)17-24(31)26-21-6-4-5-19(15-21)23(30)10-8-18-7-9-20(25)16-22(18)29-13-11-28(3)12-14-29/h4-10,15-16H,11-14,17H2,1-3H3,(H,26,31). The van der Waals surface area contributed by atoms with E-state index in [-0.39, 0.29) is 18.2 Å². The molecule has 1 aliphatic rings. The number of ketones is 1. The van der Waals surface area contributed by atoms with E-state index < -0.39 is 0 Å². The van der Waals surface area contributed by atoms with Crippen molar-refractivity contribution < 1.29 is 9.59 Å². The van der Waals surface area contributed by atoms with Gasteiger partial charge in [-0.2, -0.15) is 0 Å². The molecule has 1 fully saturated rings. The summed E-state index contributed by atoms with van der Waals surface area (Å²) >= 11 is 3.57. The second-order valence-corrected chi connectivity index (χ2v) is 8.97. The van der Waals surface area contributed by atoms with E-state index in [1.807, 2.05) is 32.3 Å². The van der Waals surface area contributed by atoms with Crippen molar-refractivity contribution in [2.45, 2.75) is 0 Å². The number of hydrogen-bond acceptors (Lipinski definition) is 5. The van der Waals surface area contributed by atoms with Crippen LogP contribution < -0.4 is 10.2 Å². The van der Waals surface area contributed by atoms with Gasteiger partial charge in [0.2, 0.25) is 5.91 Å². The molecule has 7 heteroatoms. The average molecular weight is 485 g/mol. The molecular formula is C24H29BrN4O2. The summed E-state index contributed by atoms with van der Waals surface area (Å²) in [7, 11) is 5.81. The Morgan fingerprint density at radius 1 is 1.10 bits per heavy atom. The van der Waals surface area contributed by atoms with Gasteiger partial charge in [-0.25, -0.2) is 0 Å². The van der Waals surface area contributed by atoms with Gasteiger partial charge in [-0.1, -0.05) is 34.1 Å². The lowest BCUT2D eigenvalue weighted by Gasteiger charge is -2.35. The van der Waals surface area contributed by atoms with Crippen LogP contribution in [0.4, 0.5) is 11.4 Å². The number of piperazine rings is 1. The number of halogens is 1. The van der Waals surface area contributed by atoms with Gasteiger partial charge in [0.15, 0.2) is 5.78 Å². The first-order valence-electron chi connectivity index (χ1n) is 10.3. The van der Waals surface area contributed by atoms with E-state index >= 15 is 0 Å². The molecule has 0 radical (unpaired) electrons. The van der Waals surface area contributed by atoms with Crippen molar-refractivity contribution in [3.05, 3.63) is 64.1 Å². The second kappa shape index (κ2) is 10.7. The third-order valence-corrected chi connectivity index (χ3v) is 5.63. The lowest BCUT2D eigenvalue weighted by molar-refractivity contribution is -0.116. The number of anilines is 2. The number of benzene rings is 2. The van der Waals surface area contributed by atoms with Crippen LogP contribution in [-0.4, -0.2) is 75.4 Å². The van der Waals surface area contributed by atoms with Crippen molar-refractivity contribution in [1.82, 2.24) is 9.80 Å². The summed E-state index contributed by atoms with van der Waals surface area (Å²) in [6.07, 6.45) is 3.48. The molecule has 0 saturated carbocycles. The Morgan fingerprint density at radius 3 is 2.55 bits per heavy atom. The zero-order chi connectivity index (χ0) is 22.4. The fourth-order valence-corrected chi connectivity index (χ4v) is 3.83. The average Bonchev–Trinajstić information content (AvgIpc) is 2.72. The maximum atomic E-state index is 12.8. The Bertz CT molecular complexity index is 966. The predicted octanol–water partition coefficient (Wildman–Crippen LogP) is 3.60. The van der Waals surface area contributed by atoms with Gasteiger partial charge in [-0.15, -0.1) is 0 Å². The van der Waals surface area contributed by atoms with Crippen molar-refractivity contribution in [2.24, 2.45) is 0 Å². The molecule has 1 saturated heterocycles. The Kier molecular flexibility index (Phi) is 8.01. The maximum absolute atomic E-state index is 12.8. The van der Waals surface area contributed by atoms with Crippen LogP contribution in [0, 0.1) is 0 Å². The van der Waals surface area contributed by atoms with Crippen LogP contribution in [-0.2, 0) is 4.79 Å². The topological polar surface area (TPSA) is 55.9 Å². The number of rotatable bonds is 7. The summed E-state index contributed by atoms with van der Waals surface area (Å²) in [5.74, 6) is -0.215. The summed E-state index contributed by atoms with van der Waals surface area (Å²) in [4.78, 5) is 31.3. The summed E-state index contributed by atoms with van der Waals surface area (Å²) in [6, 6.07) is 13.2. The molecule has 0 aliphatic carbocycles. The van der Waals surface area contributed by atoms with Gasteiger partial charge in [0.1, 0.15) is 0 Å². The molecule has 0 atom stereocenters. The molecule has 3 rings (SSSR count). The predicted molar refractivity (Wildman–Crippen MR) is 131 cm³/mol. The molecule has 0 bridgehead atoms. The number of carbonyl (C=O) groups is 2. The summed E-state index contributed by atoms with van der Waals surface area (Å²) < 4.78 is 1.02. The van der Waals surface area contributed by atoms with Gasteiger partial charge >= 0.3 is 0 Å². The second-order valence-electron chi connectivity index (χ2n) is 8.06. The van der Waals surface area contributed by atoms with Crippen LogP contribution in [0.1, 0.15) is 15.9 Å². The first kappa shape index (κ1) is 23.2. The third-order valence-electron chi connectivity index (χ3n) is 5.14. The van der Waals surface area contributed by atoms with Crippen LogP contribution in [0.3, 0.4) is 0 Å². The fraction of sp³-hybridized carbons (Fsp3) is 0.333. The molecule has 0 spiro atoms. The van der Waals surface area contributed by atoms with Crippen LogP contribution in [0.5, 0.6) is 0 Å². The molecule has 2 aromatic carbocycles. The number of hydrogen-bond donors (Lipinski definition) is 1. The Labute approximate surface area is 192 Å². The van der Waals surface area contributed by atoms with E-state index in [4.69, 9.17) is 0 Å². The summed E-state index contributed by atoms with van der Waals surface area (Å²) in [5.41, 5.74) is 3.29. The van der Waals surface area contributed by atoms with E-state index in [2.05, 4.69) is 44.2 Å².